The molecule has 132 valence electrons. The lowest BCUT2D eigenvalue weighted by Gasteiger charge is -2.11. The van der Waals surface area contributed by atoms with Crippen LogP contribution in [0.25, 0.3) is 0 Å². The number of hydrogen-bond donors (Lipinski definition) is 0. The first kappa shape index (κ1) is 18.3. The molecule has 0 spiro atoms. The third kappa shape index (κ3) is 4.47. The number of aromatic nitrogens is 1. The second-order valence-corrected chi connectivity index (χ2v) is 4.85. The highest BCUT2D eigenvalue weighted by Crippen LogP contribution is 2.25. The minimum atomic E-state index is -0.683. The Kier molecular flexibility index (Phi) is 6.33. The summed E-state index contributed by atoms with van der Waals surface area (Å²) in [4.78, 5) is 28.5. The van der Waals surface area contributed by atoms with Gasteiger partial charge in [-0.15, -0.1) is 0 Å². The van der Waals surface area contributed by atoms with Gasteiger partial charge in [0.1, 0.15) is 17.1 Å². The molecule has 0 atom stereocenters. The SMILES string of the molecule is CCOc1ncccc1C(=O)OCC(=O)c1ccc(OC)cc1OC. The first-order chi connectivity index (χ1) is 12.1. The van der Waals surface area contributed by atoms with E-state index in [0.29, 0.717) is 23.7 Å². The van der Waals surface area contributed by atoms with E-state index in [0.717, 1.165) is 0 Å². The number of ether oxygens (including phenoxy) is 4. The van der Waals surface area contributed by atoms with Crippen molar-refractivity contribution in [2.75, 3.05) is 27.4 Å². The molecule has 0 unspecified atom stereocenters. The topological polar surface area (TPSA) is 84.0 Å². The van der Waals surface area contributed by atoms with Crippen LogP contribution in [0.4, 0.5) is 0 Å². The molecule has 2 rings (SSSR count). The van der Waals surface area contributed by atoms with E-state index in [1.807, 2.05) is 0 Å². The van der Waals surface area contributed by atoms with Gasteiger partial charge in [-0.05, 0) is 31.2 Å². The molecule has 1 heterocycles. The first-order valence-electron chi connectivity index (χ1n) is 7.60. The van der Waals surface area contributed by atoms with Crippen LogP contribution in [0.5, 0.6) is 17.4 Å². The number of hydrogen-bond acceptors (Lipinski definition) is 7. The lowest BCUT2D eigenvalue weighted by atomic mass is 10.1. The van der Waals surface area contributed by atoms with Crippen LogP contribution in [0.2, 0.25) is 0 Å². The van der Waals surface area contributed by atoms with Crippen LogP contribution in [0.3, 0.4) is 0 Å². The van der Waals surface area contributed by atoms with Crippen LogP contribution < -0.4 is 14.2 Å². The van der Waals surface area contributed by atoms with E-state index in [4.69, 9.17) is 18.9 Å². The Labute approximate surface area is 145 Å². The maximum atomic E-state index is 12.3. The van der Waals surface area contributed by atoms with Gasteiger partial charge in [-0.2, -0.15) is 0 Å². The molecular formula is C18H19NO6. The maximum Gasteiger partial charge on any atom is 0.344 e. The summed E-state index contributed by atoms with van der Waals surface area (Å²) in [5.41, 5.74) is 0.464. The zero-order valence-electron chi connectivity index (χ0n) is 14.3. The van der Waals surface area contributed by atoms with E-state index in [1.54, 1.807) is 31.2 Å². The van der Waals surface area contributed by atoms with E-state index < -0.39 is 18.4 Å². The third-order valence-corrected chi connectivity index (χ3v) is 3.32. The summed E-state index contributed by atoms with van der Waals surface area (Å²) in [7, 11) is 2.96. The smallest absolute Gasteiger partial charge is 0.344 e. The molecule has 1 aromatic heterocycles. The van der Waals surface area contributed by atoms with Crippen molar-refractivity contribution in [1.29, 1.82) is 0 Å². The minimum Gasteiger partial charge on any atom is -0.497 e. The van der Waals surface area contributed by atoms with Crippen LogP contribution in [-0.4, -0.2) is 44.2 Å². The van der Waals surface area contributed by atoms with Gasteiger partial charge < -0.3 is 18.9 Å². The standard InChI is InChI=1S/C18H19NO6/c1-4-24-17-14(6-5-9-19-17)18(21)25-11-15(20)13-8-7-12(22-2)10-16(13)23-3/h5-10H,4,11H2,1-3H3. The fraction of sp³-hybridized carbons (Fsp3) is 0.278. The highest BCUT2D eigenvalue weighted by atomic mass is 16.5. The molecule has 0 aliphatic carbocycles. The summed E-state index contributed by atoms with van der Waals surface area (Å²) >= 11 is 0. The number of carbonyl (C=O) groups excluding carboxylic acids is 2. The molecule has 25 heavy (non-hydrogen) atoms. The van der Waals surface area contributed by atoms with Gasteiger partial charge in [0.15, 0.2) is 6.61 Å². The van der Waals surface area contributed by atoms with Crippen LogP contribution in [0.15, 0.2) is 36.5 Å². The van der Waals surface area contributed by atoms with Crippen molar-refractivity contribution in [2.24, 2.45) is 0 Å². The zero-order chi connectivity index (χ0) is 18.2. The quantitative estimate of drug-likeness (QED) is 0.537. The number of pyridine rings is 1. The molecule has 0 bridgehead atoms. The fourth-order valence-corrected chi connectivity index (χ4v) is 2.11. The molecule has 7 heteroatoms. The number of rotatable bonds is 8. The molecule has 7 nitrogen and oxygen atoms in total. The number of ketones is 1. The van der Waals surface area contributed by atoms with Crippen molar-refractivity contribution < 1.29 is 28.5 Å². The predicted octanol–water partition coefficient (Wildman–Crippen LogP) is 2.54. The Bertz CT molecular complexity index is 759. The Hall–Kier alpha value is -3.09. The lowest BCUT2D eigenvalue weighted by Crippen LogP contribution is -2.16. The van der Waals surface area contributed by atoms with Gasteiger partial charge in [0, 0.05) is 12.3 Å². The maximum absolute atomic E-state index is 12.3. The first-order valence-corrected chi connectivity index (χ1v) is 7.60. The van der Waals surface area contributed by atoms with Crippen LogP contribution in [0, 0.1) is 0 Å². The summed E-state index contributed by atoms with van der Waals surface area (Å²) in [5.74, 6) is -0.00421. The monoisotopic (exact) mass is 345 g/mol. The van der Waals surface area contributed by atoms with Crippen molar-refractivity contribution in [1.82, 2.24) is 4.98 Å². The van der Waals surface area contributed by atoms with Crippen molar-refractivity contribution in [2.45, 2.75) is 6.92 Å². The molecule has 0 fully saturated rings. The van der Waals surface area contributed by atoms with Crippen molar-refractivity contribution >= 4 is 11.8 Å². The average molecular weight is 345 g/mol. The lowest BCUT2D eigenvalue weighted by molar-refractivity contribution is 0.0469. The number of nitrogens with zero attached hydrogens (tertiary/aromatic N) is 1. The van der Waals surface area contributed by atoms with Crippen LogP contribution in [0.1, 0.15) is 27.6 Å². The predicted molar refractivity (Wildman–Crippen MR) is 89.6 cm³/mol. The summed E-state index contributed by atoms with van der Waals surface area (Å²) in [5, 5.41) is 0. The van der Waals surface area contributed by atoms with Crippen LogP contribution in [-0.2, 0) is 4.74 Å². The van der Waals surface area contributed by atoms with Crippen LogP contribution >= 0.6 is 0 Å². The molecule has 0 saturated carbocycles. The van der Waals surface area contributed by atoms with Gasteiger partial charge in [-0.1, -0.05) is 0 Å². The van der Waals surface area contributed by atoms with E-state index >= 15 is 0 Å². The summed E-state index contributed by atoms with van der Waals surface area (Å²) in [6.45, 7) is 1.71. The van der Waals surface area contributed by atoms with E-state index in [1.165, 1.54) is 26.5 Å². The highest BCUT2D eigenvalue weighted by Gasteiger charge is 2.19. The number of methoxy groups -OCH3 is 2. The van der Waals surface area contributed by atoms with Gasteiger partial charge in [-0.25, -0.2) is 9.78 Å². The molecule has 0 N–H and O–H groups in total. The molecule has 0 aliphatic rings. The second kappa shape index (κ2) is 8.68. The average Bonchev–Trinajstić information content (AvgIpc) is 2.65. The van der Waals surface area contributed by atoms with Crippen molar-refractivity contribution in [3.63, 3.8) is 0 Å². The third-order valence-electron chi connectivity index (χ3n) is 3.32. The zero-order valence-corrected chi connectivity index (χ0v) is 14.3. The molecule has 1 aromatic carbocycles. The van der Waals surface area contributed by atoms with Gasteiger partial charge in [-0.3, -0.25) is 4.79 Å². The molecule has 0 amide bonds. The Balaban J connectivity index is 2.09. The number of Topliss-reactive ketones (excluding diaryl/α,β-unsaturated/α-hetero) is 1. The molecular weight excluding hydrogens is 326 g/mol. The van der Waals surface area contributed by atoms with Gasteiger partial charge in [0.25, 0.3) is 0 Å². The minimum absolute atomic E-state index is 0.166. The number of esters is 1. The van der Waals surface area contributed by atoms with Gasteiger partial charge in [0.2, 0.25) is 11.7 Å². The van der Waals surface area contributed by atoms with Crippen molar-refractivity contribution in [3.8, 4) is 17.4 Å². The van der Waals surface area contributed by atoms with E-state index in [9.17, 15) is 9.59 Å². The second-order valence-electron chi connectivity index (χ2n) is 4.85. The molecule has 2 aromatic rings. The summed E-state index contributed by atoms with van der Waals surface area (Å²) in [6.07, 6.45) is 1.51. The fourth-order valence-electron chi connectivity index (χ4n) is 2.11. The Morgan fingerprint density at radius 1 is 1.08 bits per heavy atom. The highest BCUT2D eigenvalue weighted by molar-refractivity contribution is 6.01. The van der Waals surface area contributed by atoms with E-state index in [-0.39, 0.29) is 11.4 Å². The van der Waals surface area contributed by atoms with Gasteiger partial charge in [0.05, 0.1) is 26.4 Å². The molecule has 0 saturated heterocycles. The largest absolute Gasteiger partial charge is 0.497 e. The Morgan fingerprint density at radius 3 is 2.56 bits per heavy atom. The summed E-state index contributed by atoms with van der Waals surface area (Å²) < 4.78 is 20.6. The number of carbonyl (C=O) groups is 2. The molecule has 0 radical (unpaired) electrons. The Morgan fingerprint density at radius 2 is 1.88 bits per heavy atom. The van der Waals surface area contributed by atoms with Crippen molar-refractivity contribution in [3.05, 3.63) is 47.7 Å². The summed E-state index contributed by atoms with van der Waals surface area (Å²) in [6, 6.07) is 7.89. The molecule has 0 aliphatic heterocycles. The normalized spacial score (nSPS) is 10.0. The number of benzene rings is 1. The van der Waals surface area contributed by atoms with Gasteiger partial charge >= 0.3 is 5.97 Å². The van der Waals surface area contributed by atoms with E-state index in [2.05, 4.69) is 4.98 Å².